The molecule has 1 aromatic carbocycles. The SMILES string of the molecule is CNc1nnc2c(NCc3cc(C)cc(C)c3)nccn12. The van der Waals surface area contributed by atoms with Crippen LogP contribution in [0.15, 0.2) is 30.6 Å². The first-order valence-corrected chi connectivity index (χ1v) is 6.86. The van der Waals surface area contributed by atoms with Gasteiger partial charge >= 0.3 is 0 Å². The lowest BCUT2D eigenvalue weighted by Gasteiger charge is -2.08. The monoisotopic (exact) mass is 282 g/mol. The number of anilines is 2. The van der Waals surface area contributed by atoms with Crippen LogP contribution in [0, 0.1) is 13.8 Å². The number of hydrogen-bond acceptors (Lipinski definition) is 5. The summed E-state index contributed by atoms with van der Waals surface area (Å²) >= 11 is 0. The van der Waals surface area contributed by atoms with E-state index in [2.05, 4.69) is 57.9 Å². The molecule has 3 aromatic rings. The summed E-state index contributed by atoms with van der Waals surface area (Å²) in [5, 5.41) is 14.6. The average Bonchev–Trinajstić information content (AvgIpc) is 2.87. The van der Waals surface area contributed by atoms with Crippen molar-refractivity contribution in [3.63, 3.8) is 0 Å². The second kappa shape index (κ2) is 5.40. The van der Waals surface area contributed by atoms with Crippen molar-refractivity contribution in [1.82, 2.24) is 19.6 Å². The Hall–Kier alpha value is -2.63. The molecule has 0 aliphatic heterocycles. The summed E-state index contributed by atoms with van der Waals surface area (Å²) in [5.41, 5.74) is 4.46. The highest BCUT2D eigenvalue weighted by Crippen LogP contribution is 2.16. The van der Waals surface area contributed by atoms with E-state index in [0.717, 1.165) is 5.82 Å². The Bertz CT molecular complexity index is 757. The van der Waals surface area contributed by atoms with E-state index in [1.54, 1.807) is 6.20 Å². The first kappa shape index (κ1) is 13.4. The van der Waals surface area contributed by atoms with Crippen LogP contribution in [0.3, 0.4) is 0 Å². The summed E-state index contributed by atoms with van der Waals surface area (Å²) in [6.45, 7) is 4.91. The number of aromatic nitrogens is 4. The van der Waals surface area contributed by atoms with Gasteiger partial charge in [-0.15, -0.1) is 10.2 Å². The van der Waals surface area contributed by atoms with Gasteiger partial charge in [-0.3, -0.25) is 4.40 Å². The zero-order valence-electron chi connectivity index (χ0n) is 12.4. The summed E-state index contributed by atoms with van der Waals surface area (Å²) in [4.78, 5) is 4.35. The first-order chi connectivity index (χ1) is 10.2. The smallest absolute Gasteiger partial charge is 0.228 e. The minimum atomic E-state index is 0.696. The van der Waals surface area contributed by atoms with Gasteiger partial charge < -0.3 is 10.6 Å². The number of nitrogens with zero attached hydrogens (tertiary/aromatic N) is 4. The first-order valence-electron chi connectivity index (χ1n) is 6.86. The fourth-order valence-electron chi connectivity index (χ4n) is 2.48. The standard InChI is InChI=1S/C15H18N6/c1-10-6-11(2)8-12(7-10)9-18-13-14-19-20-15(16-3)21(14)5-4-17-13/h4-8H,9H2,1-3H3,(H,16,20)(H,17,18). The average molecular weight is 282 g/mol. The molecule has 6 nitrogen and oxygen atoms in total. The van der Waals surface area contributed by atoms with E-state index in [4.69, 9.17) is 0 Å². The molecule has 21 heavy (non-hydrogen) atoms. The van der Waals surface area contributed by atoms with Crippen LogP contribution in [0.4, 0.5) is 11.8 Å². The van der Waals surface area contributed by atoms with Gasteiger partial charge in [0, 0.05) is 26.0 Å². The fourth-order valence-corrected chi connectivity index (χ4v) is 2.48. The number of rotatable bonds is 4. The molecule has 0 fully saturated rings. The van der Waals surface area contributed by atoms with Gasteiger partial charge in [0.1, 0.15) is 0 Å². The Kier molecular flexibility index (Phi) is 3.43. The van der Waals surface area contributed by atoms with Crippen molar-refractivity contribution in [1.29, 1.82) is 0 Å². The van der Waals surface area contributed by atoms with Crippen molar-refractivity contribution < 1.29 is 0 Å². The lowest BCUT2D eigenvalue weighted by Crippen LogP contribution is -2.04. The zero-order valence-corrected chi connectivity index (χ0v) is 12.4. The van der Waals surface area contributed by atoms with Crippen LogP contribution in [0.1, 0.15) is 16.7 Å². The van der Waals surface area contributed by atoms with Gasteiger partial charge in [-0.2, -0.15) is 0 Å². The summed E-state index contributed by atoms with van der Waals surface area (Å²) in [7, 11) is 1.82. The van der Waals surface area contributed by atoms with Gasteiger partial charge in [-0.05, 0) is 19.4 Å². The Morgan fingerprint density at radius 1 is 1.10 bits per heavy atom. The molecule has 2 N–H and O–H groups in total. The molecule has 2 heterocycles. The molecule has 2 aromatic heterocycles. The van der Waals surface area contributed by atoms with Crippen LogP contribution in [0.5, 0.6) is 0 Å². The van der Waals surface area contributed by atoms with Crippen LogP contribution in [0.2, 0.25) is 0 Å². The fraction of sp³-hybridized carbons (Fsp3) is 0.267. The second-order valence-corrected chi connectivity index (χ2v) is 5.09. The maximum Gasteiger partial charge on any atom is 0.228 e. The molecule has 0 saturated heterocycles. The lowest BCUT2D eigenvalue weighted by molar-refractivity contribution is 1.06. The summed E-state index contributed by atoms with van der Waals surface area (Å²) in [6.07, 6.45) is 3.57. The molecule has 0 amide bonds. The van der Waals surface area contributed by atoms with E-state index >= 15 is 0 Å². The van der Waals surface area contributed by atoms with E-state index in [9.17, 15) is 0 Å². The predicted octanol–water partition coefficient (Wildman–Crippen LogP) is 2.39. The molecular formula is C15H18N6. The summed E-state index contributed by atoms with van der Waals surface area (Å²) in [5.74, 6) is 1.42. The molecular weight excluding hydrogens is 264 g/mol. The minimum Gasteiger partial charge on any atom is -0.363 e. The largest absolute Gasteiger partial charge is 0.363 e. The number of benzene rings is 1. The van der Waals surface area contributed by atoms with Crippen molar-refractivity contribution in [2.75, 3.05) is 17.7 Å². The molecule has 0 unspecified atom stereocenters. The molecule has 0 aliphatic rings. The van der Waals surface area contributed by atoms with E-state index in [1.165, 1.54) is 16.7 Å². The van der Waals surface area contributed by atoms with Crippen LogP contribution < -0.4 is 10.6 Å². The van der Waals surface area contributed by atoms with Crippen LogP contribution in [-0.2, 0) is 6.54 Å². The molecule has 0 bridgehead atoms. The van der Waals surface area contributed by atoms with E-state index in [0.29, 0.717) is 18.1 Å². The van der Waals surface area contributed by atoms with Crippen molar-refractivity contribution in [3.05, 3.63) is 47.3 Å². The highest BCUT2D eigenvalue weighted by molar-refractivity contribution is 5.64. The number of nitrogens with one attached hydrogen (secondary N) is 2. The Morgan fingerprint density at radius 3 is 2.57 bits per heavy atom. The Morgan fingerprint density at radius 2 is 1.86 bits per heavy atom. The highest BCUT2D eigenvalue weighted by atomic mass is 15.3. The minimum absolute atomic E-state index is 0.696. The number of aryl methyl sites for hydroxylation is 2. The predicted molar refractivity (Wildman–Crippen MR) is 83.6 cm³/mol. The summed E-state index contributed by atoms with van der Waals surface area (Å²) in [6, 6.07) is 6.51. The van der Waals surface area contributed by atoms with Gasteiger partial charge in [-0.1, -0.05) is 29.3 Å². The molecule has 0 radical (unpaired) electrons. The molecule has 6 heteroatoms. The van der Waals surface area contributed by atoms with Crippen molar-refractivity contribution in [2.45, 2.75) is 20.4 Å². The van der Waals surface area contributed by atoms with Gasteiger partial charge in [-0.25, -0.2) is 4.98 Å². The zero-order chi connectivity index (χ0) is 14.8. The third-order valence-corrected chi connectivity index (χ3v) is 3.29. The van der Waals surface area contributed by atoms with Crippen LogP contribution in [0.25, 0.3) is 5.65 Å². The highest BCUT2D eigenvalue weighted by Gasteiger charge is 2.08. The van der Waals surface area contributed by atoms with Crippen molar-refractivity contribution in [2.24, 2.45) is 0 Å². The molecule has 0 saturated carbocycles. The molecule has 3 rings (SSSR count). The maximum atomic E-state index is 4.35. The van der Waals surface area contributed by atoms with Crippen LogP contribution >= 0.6 is 0 Å². The molecule has 108 valence electrons. The third-order valence-electron chi connectivity index (χ3n) is 3.29. The number of fused-ring (bicyclic) bond motifs is 1. The summed E-state index contributed by atoms with van der Waals surface area (Å²) < 4.78 is 1.87. The van der Waals surface area contributed by atoms with Crippen molar-refractivity contribution in [3.8, 4) is 0 Å². The van der Waals surface area contributed by atoms with Gasteiger partial charge in [0.2, 0.25) is 11.6 Å². The Labute approximate surface area is 123 Å². The van der Waals surface area contributed by atoms with Crippen LogP contribution in [-0.4, -0.2) is 26.6 Å². The Balaban J connectivity index is 1.86. The second-order valence-electron chi connectivity index (χ2n) is 5.09. The third kappa shape index (κ3) is 2.65. The van der Waals surface area contributed by atoms with E-state index < -0.39 is 0 Å². The quantitative estimate of drug-likeness (QED) is 0.769. The molecule has 0 spiro atoms. The van der Waals surface area contributed by atoms with Gasteiger partial charge in [0.15, 0.2) is 5.82 Å². The number of hydrogen-bond donors (Lipinski definition) is 2. The van der Waals surface area contributed by atoms with Crippen molar-refractivity contribution >= 4 is 17.4 Å². The lowest BCUT2D eigenvalue weighted by atomic mass is 10.1. The molecule has 0 aliphatic carbocycles. The van der Waals surface area contributed by atoms with Gasteiger partial charge in [0.25, 0.3) is 0 Å². The van der Waals surface area contributed by atoms with E-state index in [1.807, 2.05) is 17.6 Å². The molecule has 0 atom stereocenters. The normalized spacial score (nSPS) is 10.8. The maximum absolute atomic E-state index is 4.35. The van der Waals surface area contributed by atoms with E-state index in [-0.39, 0.29) is 0 Å². The van der Waals surface area contributed by atoms with Gasteiger partial charge in [0.05, 0.1) is 0 Å². The topological polar surface area (TPSA) is 67.1 Å².